The van der Waals surface area contributed by atoms with Crippen molar-refractivity contribution in [3.63, 3.8) is 0 Å². The lowest BCUT2D eigenvalue weighted by Gasteiger charge is -2.18. The molecule has 1 heterocycles. The third kappa shape index (κ3) is 3.61. The molecule has 0 spiro atoms. The number of carbonyl (C=O) groups excluding carboxylic acids is 1. The van der Waals surface area contributed by atoms with Crippen LogP contribution >= 0.6 is 11.3 Å². The number of benzene rings is 1. The smallest absolute Gasteiger partial charge is 0.253 e. The average molecular weight is 288 g/mol. The van der Waals surface area contributed by atoms with Crippen molar-refractivity contribution in [1.29, 1.82) is 0 Å². The first-order valence-electron chi connectivity index (χ1n) is 6.63. The van der Waals surface area contributed by atoms with Gasteiger partial charge in [-0.3, -0.25) is 4.79 Å². The Bertz CT molecular complexity index is 546. The van der Waals surface area contributed by atoms with Gasteiger partial charge >= 0.3 is 0 Å². The lowest BCUT2D eigenvalue weighted by atomic mass is 10.1. The molecule has 2 rings (SSSR count). The second-order valence-corrected chi connectivity index (χ2v) is 6.03. The third-order valence-corrected chi connectivity index (χ3v) is 4.19. The Balaban J connectivity index is 1.95. The predicted octanol–water partition coefficient (Wildman–Crippen LogP) is 3.13. The number of rotatable bonds is 5. The van der Waals surface area contributed by atoms with Gasteiger partial charge in [-0.25, -0.2) is 0 Å². The fraction of sp³-hybridized carbons (Fsp3) is 0.312. The van der Waals surface area contributed by atoms with Crippen molar-refractivity contribution >= 4 is 22.9 Å². The van der Waals surface area contributed by atoms with Crippen LogP contribution in [0, 0.1) is 0 Å². The molecule has 0 saturated heterocycles. The van der Waals surface area contributed by atoms with E-state index in [0.717, 1.165) is 24.2 Å². The van der Waals surface area contributed by atoms with Crippen LogP contribution in [0.5, 0.6) is 0 Å². The van der Waals surface area contributed by atoms with Gasteiger partial charge in [-0.15, -0.1) is 11.3 Å². The van der Waals surface area contributed by atoms with Crippen LogP contribution in [-0.2, 0) is 6.42 Å². The van der Waals surface area contributed by atoms with Gasteiger partial charge in [0.15, 0.2) is 0 Å². The Labute approximate surface area is 124 Å². The molecule has 0 unspecified atom stereocenters. The monoisotopic (exact) mass is 288 g/mol. The van der Waals surface area contributed by atoms with Crippen molar-refractivity contribution in [2.45, 2.75) is 6.42 Å². The molecular formula is C16H20N2OS. The molecule has 0 aliphatic carbocycles. The van der Waals surface area contributed by atoms with Crippen LogP contribution in [0.1, 0.15) is 15.2 Å². The Morgan fingerprint density at radius 2 is 1.80 bits per heavy atom. The van der Waals surface area contributed by atoms with Gasteiger partial charge < -0.3 is 9.80 Å². The summed E-state index contributed by atoms with van der Waals surface area (Å²) in [4.78, 5) is 17.4. The fourth-order valence-electron chi connectivity index (χ4n) is 1.96. The van der Waals surface area contributed by atoms with Crippen molar-refractivity contribution < 1.29 is 4.79 Å². The summed E-state index contributed by atoms with van der Waals surface area (Å²) >= 11 is 1.73. The van der Waals surface area contributed by atoms with Crippen LogP contribution in [-0.4, -0.2) is 38.5 Å². The highest BCUT2D eigenvalue weighted by atomic mass is 32.1. The first kappa shape index (κ1) is 14.6. The lowest BCUT2D eigenvalue weighted by Crippen LogP contribution is -2.28. The van der Waals surface area contributed by atoms with Gasteiger partial charge in [0.05, 0.1) is 0 Å². The fourth-order valence-corrected chi connectivity index (χ4v) is 2.66. The summed E-state index contributed by atoms with van der Waals surface area (Å²) in [6, 6.07) is 11.9. The Kier molecular flexibility index (Phi) is 4.79. The molecule has 1 amide bonds. The summed E-state index contributed by atoms with van der Waals surface area (Å²) in [5.41, 5.74) is 1.84. The molecule has 0 N–H and O–H groups in total. The highest BCUT2D eigenvalue weighted by Crippen LogP contribution is 2.14. The minimum atomic E-state index is 0.0758. The maximum atomic E-state index is 12.3. The SMILES string of the molecule is CN(CCc1cccs1)C(=O)c1ccc(N(C)C)cc1. The molecule has 0 bridgehead atoms. The van der Waals surface area contributed by atoms with Crippen LogP contribution in [0.25, 0.3) is 0 Å². The van der Waals surface area contributed by atoms with E-state index in [4.69, 9.17) is 0 Å². The first-order valence-corrected chi connectivity index (χ1v) is 7.51. The zero-order valence-electron chi connectivity index (χ0n) is 12.2. The van der Waals surface area contributed by atoms with Gasteiger partial charge in [0.1, 0.15) is 0 Å². The number of nitrogens with zero attached hydrogens (tertiary/aromatic N) is 2. The van der Waals surface area contributed by atoms with E-state index in [1.54, 1.807) is 16.2 Å². The number of thiophene rings is 1. The Morgan fingerprint density at radius 3 is 2.35 bits per heavy atom. The molecule has 106 valence electrons. The van der Waals surface area contributed by atoms with Gasteiger partial charge in [-0.1, -0.05) is 6.07 Å². The maximum absolute atomic E-state index is 12.3. The maximum Gasteiger partial charge on any atom is 0.253 e. The number of hydrogen-bond acceptors (Lipinski definition) is 3. The zero-order valence-corrected chi connectivity index (χ0v) is 13.0. The summed E-state index contributed by atoms with van der Waals surface area (Å²) in [6.45, 7) is 0.745. The molecule has 0 aliphatic rings. The van der Waals surface area contributed by atoms with Crippen LogP contribution in [0.2, 0.25) is 0 Å². The highest BCUT2D eigenvalue weighted by molar-refractivity contribution is 7.09. The average Bonchev–Trinajstić information content (AvgIpc) is 2.97. The van der Waals surface area contributed by atoms with Crippen LogP contribution < -0.4 is 4.90 Å². The predicted molar refractivity (Wildman–Crippen MR) is 85.8 cm³/mol. The first-order chi connectivity index (χ1) is 9.58. The van der Waals surface area contributed by atoms with Crippen molar-refractivity contribution in [3.05, 3.63) is 52.2 Å². The molecule has 1 aromatic heterocycles. The molecule has 0 aliphatic heterocycles. The molecular weight excluding hydrogens is 268 g/mol. The molecule has 0 radical (unpaired) electrons. The van der Waals surface area contributed by atoms with E-state index in [0.29, 0.717) is 0 Å². The zero-order chi connectivity index (χ0) is 14.5. The number of carbonyl (C=O) groups is 1. The Hall–Kier alpha value is -1.81. The number of amides is 1. The van der Waals surface area contributed by atoms with E-state index < -0.39 is 0 Å². The number of hydrogen-bond donors (Lipinski definition) is 0. The molecule has 0 saturated carbocycles. The van der Waals surface area contributed by atoms with Crippen molar-refractivity contribution in [3.8, 4) is 0 Å². The van der Waals surface area contributed by atoms with E-state index in [-0.39, 0.29) is 5.91 Å². The summed E-state index contributed by atoms with van der Waals surface area (Å²) in [5, 5.41) is 2.07. The van der Waals surface area contributed by atoms with Gasteiger partial charge in [-0.2, -0.15) is 0 Å². The molecule has 2 aromatic rings. The number of likely N-dealkylation sites (N-methyl/N-ethyl adjacent to an activating group) is 1. The van der Waals surface area contributed by atoms with E-state index in [1.165, 1.54) is 4.88 Å². The van der Waals surface area contributed by atoms with Crippen LogP contribution in [0.15, 0.2) is 41.8 Å². The normalized spacial score (nSPS) is 10.3. The molecule has 20 heavy (non-hydrogen) atoms. The summed E-state index contributed by atoms with van der Waals surface area (Å²) in [6.07, 6.45) is 0.912. The van der Waals surface area contributed by atoms with Gasteiger partial charge in [-0.05, 0) is 42.1 Å². The van der Waals surface area contributed by atoms with E-state index in [1.807, 2.05) is 56.4 Å². The molecule has 1 aromatic carbocycles. The van der Waals surface area contributed by atoms with E-state index >= 15 is 0 Å². The Morgan fingerprint density at radius 1 is 1.10 bits per heavy atom. The van der Waals surface area contributed by atoms with Crippen molar-refractivity contribution in [1.82, 2.24) is 4.90 Å². The van der Waals surface area contributed by atoms with Crippen molar-refractivity contribution in [2.24, 2.45) is 0 Å². The minimum Gasteiger partial charge on any atom is -0.378 e. The lowest BCUT2D eigenvalue weighted by molar-refractivity contribution is 0.0797. The van der Waals surface area contributed by atoms with Crippen LogP contribution in [0.4, 0.5) is 5.69 Å². The molecule has 0 fully saturated rings. The second-order valence-electron chi connectivity index (χ2n) is 5.00. The number of anilines is 1. The topological polar surface area (TPSA) is 23.6 Å². The molecule has 3 nitrogen and oxygen atoms in total. The van der Waals surface area contributed by atoms with Gasteiger partial charge in [0.25, 0.3) is 5.91 Å². The summed E-state index contributed by atoms with van der Waals surface area (Å²) in [7, 11) is 5.84. The standard InChI is InChI=1S/C16H20N2OS/c1-17(2)14-8-6-13(7-9-14)16(19)18(3)11-10-15-5-4-12-20-15/h4-9,12H,10-11H2,1-3H3. The van der Waals surface area contributed by atoms with E-state index in [9.17, 15) is 4.79 Å². The van der Waals surface area contributed by atoms with Gasteiger partial charge in [0.2, 0.25) is 0 Å². The van der Waals surface area contributed by atoms with Crippen molar-refractivity contribution in [2.75, 3.05) is 32.6 Å². The largest absolute Gasteiger partial charge is 0.378 e. The quantitative estimate of drug-likeness (QED) is 0.844. The third-order valence-electron chi connectivity index (χ3n) is 3.25. The minimum absolute atomic E-state index is 0.0758. The summed E-state index contributed by atoms with van der Waals surface area (Å²) in [5.74, 6) is 0.0758. The molecule has 0 atom stereocenters. The van der Waals surface area contributed by atoms with Crippen LogP contribution in [0.3, 0.4) is 0 Å². The summed E-state index contributed by atoms with van der Waals surface area (Å²) < 4.78 is 0. The second kappa shape index (κ2) is 6.57. The highest BCUT2D eigenvalue weighted by Gasteiger charge is 2.11. The molecule has 4 heteroatoms. The van der Waals surface area contributed by atoms with Gasteiger partial charge in [0, 0.05) is 43.8 Å². The van der Waals surface area contributed by atoms with E-state index in [2.05, 4.69) is 11.4 Å².